The van der Waals surface area contributed by atoms with Gasteiger partial charge in [-0.1, -0.05) is 0 Å². The van der Waals surface area contributed by atoms with E-state index < -0.39 is 0 Å². The summed E-state index contributed by atoms with van der Waals surface area (Å²) in [6, 6.07) is 0. The zero-order chi connectivity index (χ0) is 10.6. The van der Waals surface area contributed by atoms with Crippen molar-refractivity contribution in [1.82, 2.24) is 9.97 Å². The minimum atomic E-state index is -0.387. The van der Waals surface area contributed by atoms with Crippen LogP contribution in [0.5, 0.6) is 0 Å². The first-order valence-corrected chi connectivity index (χ1v) is 4.57. The number of nitrogens with zero attached hydrogens (tertiary/aromatic N) is 2. The van der Waals surface area contributed by atoms with Crippen LogP contribution in [0.3, 0.4) is 0 Å². The lowest BCUT2D eigenvalue weighted by molar-refractivity contribution is 0.208. The summed E-state index contributed by atoms with van der Waals surface area (Å²) >= 11 is 0. The zero-order valence-electron chi connectivity index (χ0n) is 8.70. The fraction of sp³-hybridized carbons (Fsp3) is 0.556. The van der Waals surface area contributed by atoms with Crippen molar-refractivity contribution >= 4 is 11.8 Å². The maximum atomic E-state index is 9.11. The summed E-state index contributed by atoms with van der Waals surface area (Å²) in [5, 5.41) is 15.0. The van der Waals surface area contributed by atoms with Gasteiger partial charge in [0.05, 0.1) is 6.10 Å². The lowest BCUT2D eigenvalue weighted by Crippen LogP contribution is -2.17. The van der Waals surface area contributed by atoms with Crippen LogP contribution >= 0.6 is 0 Å². The topological polar surface area (TPSA) is 70.1 Å². The fourth-order valence-electron chi connectivity index (χ4n) is 0.986. The molecule has 1 atom stereocenters. The highest BCUT2D eigenvalue weighted by Gasteiger charge is 2.03. The predicted octanol–water partition coefficient (Wildman–Crippen LogP) is 0.619. The van der Waals surface area contributed by atoms with Crippen LogP contribution in [-0.2, 0) is 0 Å². The molecule has 0 saturated heterocycles. The number of aliphatic hydroxyl groups excluding tert-OH is 1. The van der Waals surface area contributed by atoms with Gasteiger partial charge in [-0.15, -0.1) is 0 Å². The van der Waals surface area contributed by atoms with E-state index in [0.717, 1.165) is 11.4 Å². The Hall–Kier alpha value is -1.36. The lowest BCUT2D eigenvalue weighted by Gasteiger charge is -2.10. The number of anilines is 2. The molecule has 1 aromatic heterocycles. The molecule has 1 aromatic rings. The Labute approximate surface area is 83.6 Å². The number of hydrogen-bond donors (Lipinski definition) is 3. The van der Waals surface area contributed by atoms with Crippen LogP contribution in [0.2, 0.25) is 0 Å². The molecule has 5 heteroatoms. The Balaban J connectivity index is 2.73. The number of aliphatic hydroxyl groups is 1. The summed E-state index contributed by atoms with van der Waals surface area (Å²) in [5.74, 6) is 1.33. The van der Waals surface area contributed by atoms with Gasteiger partial charge in [-0.3, -0.25) is 0 Å². The minimum absolute atomic E-state index is 0.387. The molecule has 0 spiro atoms. The smallest absolute Gasteiger partial charge is 0.224 e. The molecule has 0 amide bonds. The third kappa shape index (κ3) is 2.85. The predicted molar refractivity (Wildman–Crippen MR) is 56.5 cm³/mol. The highest BCUT2D eigenvalue weighted by atomic mass is 16.3. The van der Waals surface area contributed by atoms with E-state index in [4.69, 9.17) is 5.11 Å². The summed E-state index contributed by atoms with van der Waals surface area (Å²) in [5.41, 5.74) is 0.963. The summed E-state index contributed by atoms with van der Waals surface area (Å²) in [7, 11) is 1.77. The average Bonchev–Trinajstić information content (AvgIpc) is 2.16. The fourth-order valence-corrected chi connectivity index (χ4v) is 0.986. The first-order valence-electron chi connectivity index (χ1n) is 4.57. The Morgan fingerprint density at radius 3 is 2.86 bits per heavy atom. The Morgan fingerprint density at radius 1 is 1.57 bits per heavy atom. The van der Waals surface area contributed by atoms with Crippen LogP contribution < -0.4 is 10.6 Å². The van der Waals surface area contributed by atoms with E-state index in [1.54, 1.807) is 20.2 Å². The van der Waals surface area contributed by atoms with Crippen molar-refractivity contribution in [2.45, 2.75) is 20.0 Å². The zero-order valence-corrected chi connectivity index (χ0v) is 8.70. The van der Waals surface area contributed by atoms with Gasteiger partial charge in [0.25, 0.3) is 0 Å². The van der Waals surface area contributed by atoms with Crippen LogP contribution in [0.15, 0.2) is 6.20 Å². The Bertz CT molecular complexity index is 301. The monoisotopic (exact) mass is 196 g/mol. The van der Waals surface area contributed by atoms with Crippen molar-refractivity contribution in [3.63, 3.8) is 0 Å². The van der Waals surface area contributed by atoms with Gasteiger partial charge >= 0.3 is 0 Å². The van der Waals surface area contributed by atoms with E-state index in [0.29, 0.717) is 12.5 Å². The van der Waals surface area contributed by atoms with E-state index in [1.807, 2.05) is 6.92 Å². The van der Waals surface area contributed by atoms with Crippen molar-refractivity contribution in [3.8, 4) is 0 Å². The van der Waals surface area contributed by atoms with Gasteiger partial charge in [-0.2, -0.15) is 4.98 Å². The third-order valence-corrected chi connectivity index (χ3v) is 1.76. The van der Waals surface area contributed by atoms with Gasteiger partial charge < -0.3 is 15.7 Å². The molecule has 3 N–H and O–H groups in total. The third-order valence-electron chi connectivity index (χ3n) is 1.76. The van der Waals surface area contributed by atoms with Crippen molar-refractivity contribution in [1.29, 1.82) is 0 Å². The first kappa shape index (κ1) is 10.7. The molecule has 1 unspecified atom stereocenters. The number of aryl methyl sites for hydroxylation is 1. The average molecular weight is 196 g/mol. The summed E-state index contributed by atoms with van der Waals surface area (Å²) in [6.45, 7) is 4.13. The van der Waals surface area contributed by atoms with Gasteiger partial charge in [-0.25, -0.2) is 4.98 Å². The first-order chi connectivity index (χ1) is 6.63. The Kier molecular flexibility index (Phi) is 3.64. The normalized spacial score (nSPS) is 12.3. The molecular formula is C9H16N4O. The highest BCUT2D eigenvalue weighted by molar-refractivity contribution is 5.46. The standard InChI is InChI=1S/C9H16N4O/c1-6-4-12-9(10-3)13-8(6)11-5-7(2)14/h4,7,14H,5H2,1-3H3,(H2,10,11,12,13). The SMILES string of the molecule is CNc1ncc(C)c(NCC(C)O)n1. The molecule has 0 aliphatic heterocycles. The molecule has 5 nitrogen and oxygen atoms in total. The summed E-state index contributed by atoms with van der Waals surface area (Å²) in [6.07, 6.45) is 1.35. The van der Waals surface area contributed by atoms with E-state index in [2.05, 4.69) is 20.6 Å². The molecule has 1 heterocycles. The van der Waals surface area contributed by atoms with Crippen LogP contribution in [0.1, 0.15) is 12.5 Å². The summed E-state index contributed by atoms with van der Waals surface area (Å²) < 4.78 is 0. The quantitative estimate of drug-likeness (QED) is 0.658. The van der Waals surface area contributed by atoms with Gasteiger partial charge in [0.15, 0.2) is 0 Å². The number of rotatable bonds is 4. The molecule has 1 rings (SSSR count). The lowest BCUT2D eigenvalue weighted by atomic mass is 10.3. The second-order valence-corrected chi connectivity index (χ2v) is 3.21. The molecule has 0 fully saturated rings. The number of aromatic nitrogens is 2. The molecule has 0 bridgehead atoms. The van der Waals surface area contributed by atoms with Crippen LogP contribution in [0, 0.1) is 6.92 Å². The van der Waals surface area contributed by atoms with E-state index >= 15 is 0 Å². The van der Waals surface area contributed by atoms with Gasteiger partial charge in [0.1, 0.15) is 5.82 Å². The number of nitrogens with one attached hydrogen (secondary N) is 2. The van der Waals surface area contributed by atoms with Crippen LogP contribution in [0.4, 0.5) is 11.8 Å². The maximum absolute atomic E-state index is 9.11. The van der Waals surface area contributed by atoms with Crippen LogP contribution in [0.25, 0.3) is 0 Å². The van der Waals surface area contributed by atoms with E-state index in [9.17, 15) is 0 Å². The maximum Gasteiger partial charge on any atom is 0.224 e. The second-order valence-electron chi connectivity index (χ2n) is 3.21. The molecule has 78 valence electrons. The molecule has 0 radical (unpaired) electrons. The Morgan fingerprint density at radius 2 is 2.29 bits per heavy atom. The van der Waals surface area contributed by atoms with Crippen molar-refractivity contribution in [3.05, 3.63) is 11.8 Å². The molecule has 0 saturated carbocycles. The number of hydrogen-bond acceptors (Lipinski definition) is 5. The molecular weight excluding hydrogens is 180 g/mol. The van der Waals surface area contributed by atoms with Crippen molar-refractivity contribution in [2.75, 3.05) is 24.2 Å². The van der Waals surface area contributed by atoms with E-state index in [1.165, 1.54) is 0 Å². The molecule has 0 aromatic carbocycles. The minimum Gasteiger partial charge on any atom is -0.392 e. The molecule has 0 aliphatic carbocycles. The van der Waals surface area contributed by atoms with Crippen molar-refractivity contribution < 1.29 is 5.11 Å². The van der Waals surface area contributed by atoms with Gasteiger partial charge in [0, 0.05) is 25.4 Å². The molecule has 14 heavy (non-hydrogen) atoms. The van der Waals surface area contributed by atoms with Gasteiger partial charge in [-0.05, 0) is 13.8 Å². The molecule has 0 aliphatic rings. The summed E-state index contributed by atoms with van der Waals surface area (Å²) in [4.78, 5) is 8.28. The van der Waals surface area contributed by atoms with Gasteiger partial charge in [0.2, 0.25) is 5.95 Å². The second kappa shape index (κ2) is 4.76. The van der Waals surface area contributed by atoms with E-state index in [-0.39, 0.29) is 6.10 Å². The van der Waals surface area contributed by atoms with Crippen molar-refractivity contribution in [2.24, 2.45) is 0 Å². The van der Waals surface area contributed by atoms with Crippen LogP contribution in [-0.4, -0.2) is 34.8 Å². The largest absolute Gasteiger partial charge is 0.392 e. The highest BCUT2D eigenvalue weighted by Crippen LogP contribution is 2.11.